The van der Waals surface area contributed by atoms with Gasteiger partial charge in [0.2, 0.25) is 0 Å². The molecule has 37 heavy (non-hydrogen) atoms. The molecule has 3 rings (SSSR count). The average Bonchev–Trinajstić information content (AvgIpc) is 3.22. The highest BCUT2D eigenvalue weighted by molar-refractivity contribution is 8.00. The van der Waals surface area contributed by atoms with Crippen LogP contribution in [0.3, 0.4) is 0 Å². The first-order valence-electron chi connectivity index (χ1n) is 14.6. The Morgan fingerprint density at radius 1 is 1.19 bits per heavy atom. The SMILES string of the molecule is C=C[C@@]1(C)C[C@@H](OC(=O)CSC2CCC(N)CC2O)C[C@H](C)CC([C@H]2CCC(=O)[C@H]2CC)C[C@@H](C)[C@@H]1O. The van der Waals surface area contributed by atoms with E-state index in [1.165, 1.54) is 11.8 Å². The zero-order valence-corrected chi connectivity index (χ0v) is 24.3. The Bertz CT molecular complexity index is 792. The van der Waals surface area contributed by atoms with Gasteiger partial charge in [0.15, 0.2) is 0 Å². The summed E-state index contributed by atoms with van der Waals surface area (Å²) in [5, 5.41) is 21.8. The minimum Gasteiger partial charge on any atom is -0.462 e. The minimum atomic E-state index is -0.602. The highest BCUT2D eigenvalue weighted by Gasteiger charge is 2.44. The van der Waals surface area contributed by atoms with Gasteiger partial charge in [0.05, 0.1) is 18.0 Å². The molecule has 0 aliphatic heterocycles. The van der Waals surface area contributed by atoms with Crippen molar-refractivity contribution in [3.05, 3.63) is 12.7 Å². The fraction of sp³-hybridized carbons (Fsp3) is 0.867. The Hall–Kier alpha value is -0.890. The molecule has 0 bridgehead atoms. The number of esters is 1. The average molecular weight is 538 g/mol. The van der Waals surface area contributed by atoms with Crippen LogP contribution in [0.4, 0.5) is 0 Å². The summed E-state index contributed by atoms with van der Waals surface area (Å²) in [7, 11) is 0. The molecule has 212 valence electrons. The summed E-state index contributed by atoms with van der Waals surface area (Å²) in [6, 6.07) is 0.0346. The van der Waals surface area contributed by atoms with Gasteiger partial charge in [-0.15, -0.1) is 18.3 Å². The van der Waals surface area contributed by atoms with E-state index in [1.807, 2.05) is 13.0 Å². The van der Waals surface area contributed by atoms with Crippen LogP contribution in [0.15, 0.2) is 12.7 Å². The van der Waals surface area contributed by atoms with Gasteiger partial charge in [-0.2, -0.15) is 0 Å². The molecule has 3 aliphatic rings. The molecule has 4 N–H and O–H groups in total. The summed E-state index contributed by atoms with van der Waals surface area (Å²) in [6.07, 6.45) is 8.34. The van der Waals surface area contributed by atoms with Crippen molar-refractivity contribution >= 4 is 23.5 Å². The van der Waals surface area contributed by atoms with Crippen LogP contribution >= 0.6 is 11.8 Å². The lowest BCUT2D eigenvalue weighted by Gasteiger charge is -2.42. The van der Waals surface area contributed by atoms with E-state index in [0.29, 0.717) is 42.8 Å². The van der Waals surface area contributed by atoms with Crippen LogP contribution in [0, 0.1) is 35.0 Å². The molecule has 6 nitrogen and oxygen atoms in total. The van der Waals surface area contributed by atoms with Gasteiger partial charge in [0.25, 0.3) is 0 Å². The van der Waals surface area contributed by atoms with E-state index >= 15 is 0 Å². The van der Waals surface area contributed by atoms with Crippen LogP contribution in [0.2, 0.25) is 0 Å². The number of rotatable bonds is 7. The van der Waals surface area contributed by atoms with E-state index in [1.54, 1.807) is 0 Å². The smallest absolute Gasteiger partial charge is 0.316 e. The third-order valence-electron chi connectivity index (χ3n) is 9.60. The molecular weight excluding hydrogens is 486 g/mol. The second-order valence-electron chi connectivity index (χ2n) is 12.7. The predicted octanol–water partition coefficient (Wildman–Crippen LogP) is 4.89. The number of hydrogen-bond acceptors (Lipinski definition) is 7. The van der Waals surface area contributed by atoms with Crippen molar-refractivity contribution in [1.82, 2.24) is 0 Å². The number of carbonyl (C=O) groups excluding carboxylic acids is 2. The number of Topliss-reactive ketones (excluding diaryl/α,β-unsaturated/α-hetero) is 1. The molecule has 11 atom stereocenters. The van der Waals surface area contributed by atoms with Crippen molar-refractivity contribution in [2.24, 2.45) is 40.7 Å². The predicted molar refractivity (Wildman–Crippen MR) is 150 cm³/mol. The van der Waals surface area contributed by atoms with Crippen molar-refractivity contribution in [2.75, 3.05) is 5.75 Å². The van der Waals surface area contributed by atoms with Gasteiger partial charge >= 0.3 is 5.97 Å². The van der Waals surface area contributed by atoms with Crippen molar-refractivity contribution in [3.63, 3.8) is 0 Å². The van der Waals surface area contributed by atoms with Crippen molar-refractivity contribution in [3.8, 4) is 0 Å². The molecule has 3 fully saturated rings. The van der Waals surface area contributed by atoms with Gasteiger partial charge in [-0.3, -0.25) is 9.59 Å². The fourth-order valence-corrected chi connectivity index (χ4v) is 8.58. The molecule has 0 radical (unpaired) electrons. The lowest BCUT2D eigenvalue weighted by atomic mass is 9.66. The molecule has 0 spiro atoms. The number of hydrogen-bond donors (Lipinski definition) is 3. The highest BCUT2D eigenvalue weighted by atomic mass is 32.2. The van der Waals surface area contributed by atoms with E-state index in [4.69, 9.17) is 10.5 Å². The number of carbonyl (C=O) groups is 2. The van der Waals surface area contributed by atoms with Gasteiger partial charge in [0.1, 0.15) is 11.9 Å². The summed E-state index contributed by atoms with van der Waals surface area (Å²) in [5.41, 5.74) is 5.38. The largest absolute Gasteiger partial charge is 0.462 e. The van der Waals surface area contributed by atoms with Gasteiger partial charge in [-0.25, -0.2) is 0 Å². The van der Waals surface area contributed by atoms with Crippen LogP contribution in [-0.2, 0) is 14.3 Å². The zero-order valence-electron chi connectivity index (χ0n) is 23.4. The molecule has 7 heteroatoms. The topological polar surface area (TPSA) is 110 Å². The monoisotopic (exact) mass is 537 g/mol. The molecule has 3 aliphatic carbocycles. The number of aliphatic hydroxyl groups excluding tert-OH is 2. The number of ether oxygens (including phenoxy) is 1. The number of nitrogens with two attached hydrogens (primary N) is 1. The first kappa shape index (κ1) is 30.6. The van der Waals surface area contributed by atoms with Gasteiger partial charge in [-0.1, -0.05) is 33.8 Å². The summed E-state index contributed by atoms with van der Waals surface area (Å²) in [5.74, 6) is 1.60. The molecule has 0 aromatic carbocycles. The molecular formula is C30H51NO5S. The van der Waals surface area contributed by atoms with Crippen molar-refractivity contribution in [1.29, 1.82) is 0 Å². The van der Waals surface area contributed by atoms with E-state index < -0.39 is 17.6 Å². The maximum Gasteiger partial charge on any atom is 0.316 e. The molecule has 3 saturated carbocycles. The Morgan fingerprint density at radius 2 is 1.92 bits per heavy atom. The Morgan fingerprint density at radius 3 is 2.57 bits per heavy atom. The van der Waals surface area contributed by atoms with E-state index in [9.17, 15) is 19.8 Å². The van der Waals surface area contributed by atoms with Gasteiger partial charge in [0, 0.05) is 29.0 Å². The molecule has 0 aromatic rings. The third kappa shape index (κ3) is 7.83. The van der Waals surface area contributed by atoms with Crippen molar-refractivity contribution < 1.29 is 24.5 Å². The standard InChI is InChI=1S/C30H51NO5S/c1-6-23-24(9-10-25(23)32)20-12-18(3)13-22(16-30(5,7-2)29(35)19(4)14-20)36-28(34)17-37-27-11-8-21(31)15-26(27)33/h7,18-24,26-27,29,33,35H,2,6,8-17,31H2,1,3-5H3/t18-,19-,20?,21?,22+,23+,24-,26?,27?,29+,30+/m1/s1. The maximum atomic E-state index is 12.9. The molecule has 4 unspecified atom stereocenters. The van der Waals surface area contributed by atoms with Gasteiger partial charge in [-0.05, 0) is 81.5 Å². The van der Waals surface area contributed by atoms with E-state index in [0.717, 1.165) is 44.9 Å². The van der Waals surface area contributed by atoms with Crippen LogP contribution in [0.1, 0.15) is 91.9 Å². The molecule has 0 saturated heterocycles. The van der Waals surface area contributed by atoms with Crippen molar-refractivity contribution in [2.45, 2.75) is 122 Å². The number of aliphatic hydroxyl groups is 2. The van der Waals surface area contributed by atoms with Crippen LogP contribution in [-0.4, -0.2) is 57.3 Å². The summed E-state index contributed by atoms with van der Waals surface area (Å²) < 4.78 is 6.06. The van der Waals surface area contributed by atoms with Crippen LogP contribution in [0.25, 0.3) is 0 Å². The van der Waals surface area contributed by atoms with E-state index in [2.05, 4.69) is 27.4 Å². The minimum absolute atomic E-state index is 0.0119. The van der Waals surface area contributed by atoms with Crippen LogP contribution in [0.5, 0.6) is 0 Å². The first-order valence-corrected chi connectivity index (χ1v) is 15.6. The Labute approximate surface area is 228 Å². The van der Waals surface area contributed by atoms with Gasteiger partial charge < -0.3 is 20.7 Å². The van der Waals surface area contributed by atoms with Crippen LogP contribution < -0.4 is 5.73 Å². The highest BCUT2D eigenvalue weighted by Crippen LogP contribution is 2.46. The number of thioether (sulfide) groups is 1. The lowest BCUT2D eigenvalue weighted by Crippen LogP contribution is -2.42. The van der Waals surface area contributed by atoms with E-state index in [-0.39, 0.29) is 41.0 Å². The fourth-order valence-electron chi connectivity index (χ4n) is 7.52. The third-order valence-corrected chi connectivity index (χ3v) is 11.0. The Balaban J connectivity index is 1.71. The molecule has 0 heterocycles. The first-order chi connectivity index (χ1) is 17.5. The quantitative estimate of drug-likeness (QED) is 0.313. The normalized spacial score (nSPS) is 43.8. The molecule has 0 aromatic heterocycles. The zero-order chi connectivity index (χ0) is 27.3. The maximum absolute atomic E-state index is 12.9. The second kappa shape index (κ2) is 13.5. The molecule has 0 amide bonds. The second-order valence-corrected chi connectivity index (χ2v) is 13.9. The lowest BCUT2D eigenvalue weighted by molar-refractivity contribution is -0.149. The summed E-state index contributed by atoms with van der Waals surface area (Å²) >= 11 is 1.47. The Kier molecular flexibility index (Phi) is 11.1. The summed E-state index contributed by atoms with van der Waals surface area (Å²) in [6.45, 7) is 12.5. The number of ketones is 1. The summed E-state index contributed by atoms with van der Waals surface area (Å²) in [4.78, 5) is 25.5.